The lowest BCUT2D eigenvalue weighted by atomic mass is 9.54. The highest BCUT2D eigenvalue weighted by Gasteiger charge is 2.67. The van der Waals surface area contributed by atoms with E-state index in [1.165, 1.54) is 6.07 Å². The molecule has 194 valence electrons. The van der Waals surface area contributed by atoms with Crippen LogP contribution in [0.5, 0.6) is 5.75 Å². The highest BCUT2D eigenvalue weighted by Crippen LogP contribution is 2.53. The van der Waals surface area contributed by atoms with Gasteiger partial charge in [-0.1, -0.05) is 0 Å². The normalized spacial score (nSPS) is 34.4. The molecule has 5 rings (SSSR count). The van der Waals surface area contributed by atoms with Crippen LogP contribution < -0.4 is 10.6 Å². The molecule has 11 nitrogen and oxygen atoms in total. The number of aliphatic hydroxyl groups is 3. The van der Waals surface area contributed by atoms with E-state index < -0.39 is 58.7 Å². The van der Waals surface area contributed by atoms with Crippen LogP contribution in [0.25, 0.3) is 5.76 Å². The molecule has 0 spiro atoms. The number of aliphatic hydroxyl groups excluding tert-OH is 2. The number of ether oxygens (including phenoxy) is 1. The van der Waals surface area contributed by atoms with E-state index in [1.54, 1.807) is 25.1 Å². The van der Waals surface area contributed by atoms with Crippen LogP contribution in [0.3, 0.4) is 0 Å². The van der Waals surface area contributed by atoms with Gasteiger partial charge in [0.1, 0.15) is 17.4 Å². The average molecular weight is 502 g/mol. The molecule has 0 bridgehead atoms. The van der Waals surface area contributed by atoms with Gasteiger partial charge in [-0.05, 0) is 50.6 Å². The van der Waals surface area contributed by atoms with Gasteiger partial charge in [-0.15, -0.1) is 0 Å². The molecule has 6 atom stereocenters. The van der Waals surface area contributed by atoms with Gasteiger partial charge in [-0.2, -0.15) is 0 Å². The molecule has 3 fully saturated rings. The lowest BCUT2D eigenvalue weighted by Crippen LogP contribution is -2.73. The number of aromatic hydroxyl groups is 1. The molecule has 11 heteroatoms. The Morgan fingerprint density at radius 1 is 1.19 bits per heavy atom. The van der Waals surface area contributed by atoms with E-state index in [9.17, 15) is 34.8 Å². The van der Waals surface area contributed by atoms with Crippen LogP contribution in [0, 0.1) is 17.8 Å². The van der Waals surface area contributed by atoms with E-state index in [0.717, 1.165) is 5.69 Å². The van der Waals surface area contributed by atoms with E-state index in [1.807, 2.05) is 0 Å². The van der Waals surface area contributed by atoms with E-state index in [4.69, 9.17) is 10.5 Å². The van der Waals surface area contributed by atoms with Crippen molar-refractivity contribution in [3.05, 3.63) is 28.8 Å². The second-order valence-corrected chi connectivity index (χ2v) is 10.3. The number of amides is 1. The van der Waals surface area contributed by atoms with E-state index in [2.05, 4.69) is 4.90 Å². The van der Waals surface area contributed by atoms with Gasteiger partial charge < -0.3 is 40.7 Å². The second-order valence-electron chi connectivity index (χ2n) is 10.3. The maximum Gasteiger partial charge on any atom is 0.230 e. The Labute approximate surface area is 207 Å². The van der Waals surface area contributed by atoms with Crippen LogP contribution in [0.4, 0.5) is 5.69 Å². The third-order valence-corrected chi connectivity index (χ3v) is 8.30. The van der Waals surface area contributed by atoms with Crippen molar-refractivity contribution >= 4 is 28.9 Å². The number of anilines is 1. The van der Waals surface area contributed by atoms with Gasteiger partial charge in [0.25, 0.3) is 0 Å². The summed E-state index contributed by atoms with van der Waals surface area (Å²) in [5, 5.41) is 44.5. The van der Waals surface area contributed by atoms with Crippen molar-refractivity contribution in [2.24, 2.45) is 23.5 Å². The Morgan fingerprint density at radius 2 is 1.86 bits per heavy atom. The largest absolute Gasteiger partial charge is 0.507 e. The molecule has 1 saturated heterocycles. The van der Waals surface area contributed by atoms with Crippen molar-refractivity contribution < 1.29 is 39.5 Å². The van der Waals surface area contributed by atoms with E-state index >= 15 is 0 Å². The fourth-order valence-electron chi connectivity index (χ4n) is 6.69. The number of fused-ring (bicyclic) bond motifs is 3. The Bertz CT molecular complexity index is 1170. The monoisotopic (exact) mass is 501 g/mol. The number of hydrogen-bond donors (Lipinski definition) is 5. The van der Waals surface area contributed by atoms with Gasteiger partial charge in [-0.25, -0.2) is 0 Å². The summed E-state index contributed by atoms with van der Waals surface area (Å²) in [4.78, 5) is 43.0. The number of Topliss-reactive ketones (excluding diaryl/α,β-unsaturated/α-hetero) is 2. The minimum Gasteiger partial charge on any atom is -0.507 e. The molecule has 1 aliphatic heterocycles. The Hall–Kier alpha value is -2.99. The van der Waals surface area contributed by atoms with Crippen molar-refractivity contribution in [2.45, 2.75) is 30.6 Å². The third-order valence-electron chi connectivity index (χ3n) is 8.30. The van der Waals surface area contributed by atoms with Crippen LogP contribution in [0.2, 0.25) is 0 Å². The predicted octanol–water partition coefficient (Wildman–Crippen LogP) is -1.03. The number of morpholine rings is 1. The summed E-state index contributed by atoms with van der Waals surface area (Å²) in [6.07, 6.45) is -1.14. The third kappa shape index (κ3) is 3.30. The summed E-state index contributed by atoms with van der Waals surface area (Å²) in [5.74, 6) is -7.42. The molecule has 2 unspecified atom stereocenters. The number of carbonyl (C=O) groups excluding carboxylic acids is 3. The van der Waals surface area contributed by atoms with Crippen molar-refractivity contribution in [2.75, 3.05) is 45.3 Å². The van der Waals surface area contributed by atoms with Crippen molar-refractivity contribution in [3.63, 3.8) is 0 Å². The van der Waals surface area contributed by atoms with Crippen LogP contribution in [0.15, 0.2) is 17.7 Å². The highest BCUT2D eigenvalue weighted by molar-refractivity contribution is 6.25. The molecule has 1 heterocycles. The van der Waals surface area contributed by atoms with Gasteiger partial charge in [0.2, 0.25) is 11.7 Å². The van der Waals surface area contributed by atoms with Gasteiger partial charge in [-0.3, -0.25) is 14.4 Å². The number of phenols is 1. The van der Waals surface area contributed by atoms with Crippen LogP contribution >= 0.6 is 0 Å². The standard InChI is InChI=1S/C25H31N3O8/c1-27(2)19-13-10-11-9-12-14(28-5-7-36-8-6-28)3-4-15(29)17(12)20(30)16(11)22(32)25(13,35)23(33)18(21(19)31)24(26)34/h3-4,11,13,18-19,21,29-31,35H,5-10H2,1-2H3,(H2,26,34)/t11-,13-,18?,19-,21?,25-/m1/s1. The van der Waals surface area contributed by atoms with Gasteiger partial charge in [0.15, 0.2) is 11.4 Å². The first kappa shape index (κ1) is 24.7. The summed E-state index contributed by atoms with van der Waals surface area (Å²) in [6, 6.07) is 2.30. The molecule has 0 radical (unpaired) electrons. The van der Waals surface area contributed by atoms with Crippen molar-refractivity contribution in [3.8, 4) is 5.75 Å². The smallest absolute Gasteiger partial charge is 0.230 e. The first-order chi connectivity index (χ1) is 17.0. The molecule has 1 amide bonds. The minimum absolute atomic E-state index is 0.0937. The van der Waals surface area contributed by atoms with Crippen LogP contribution in [0.1, 0.15) is 17.5 Å². The number of ketones is 2. The quantitative estimate of drug-likeness (QED) is 0.322. The number of nitrogens with two attached hydrogens (primary N) is 1. The molecule has 2 saturated carbocycles. The highest BCUT2D eigenvalue weighted by atomic mass is 16.5. The number of primary amides is 1. The molecule has 1 aromatic rings. The summed E-state index contributed by atoms with van der Waals surface area (Å²) < 4.78 is 5.44. The van der Waals surface area contributed by atoms with E-state index in [0.29, 0.717) is 31.9 Å². The van der Waals surface area contributed by atoms with Gasteiger partial charge in [0.05, 0.1) is 24.9 Å². The number of phenolic OH excluding ortho intramolecular Hbond substituents is 1. The number of hydrogen-bond acceptors (Lipinski definition) is 10. The fraction of sp³-hybridized carbons (Fsp3) is 0.560. The SMILES string of the molecule is CN(C)[C@H]1C(O)C(C(N)=O)C(=O)[C@]2(O)C(=O)C3=C(O)c4c(O)ccc(N5CCOCC5)c4C[C@@H]3C[C@H]12. The molecule has 1 aromatic carbocycles. The Balaban J connectivity index is 1.66. The lowest BCUT2D eigenvalue weighted by molar-refractivity contribution is -0.184. The lowest BCUT2D eigenvalue weighted by Gasteiger charge is -2.53. The Morgan fingerprint density at radius 3 is 2.47 bits per heavy atom. The topological polar surface area (TPSA) is 174 Å². The average Bonchev–Trinajstić information content (AvgIpc) is 2.81. The maximum atomic E-state index is 13.8. The molecular formula is C25H31N3O8. The number of benzene rings is 1. The van der Waals surface area contributed by atoms with Gasteiger partial charge in [0, 0.05) is 36.3 Å². The molecule has 36 heavy (non-hydrogen) atoms. The number of carbonyl (C=O) groups is 3. The summed E-state index contributed by atoms with van der Waals surface area (Å²) in [6.45, 7) is 2.31. The Kier molecular flexibility index (Phi) is 5.86. The van der Waals surface area contributed by atoms with Crippen molar-refractivity contribution in [1.82, 2.24) is 4.90 Å². The molecule has 0 aromatic heterocycles. The summed E-state index contributed by atoms with van der Waals surface area (Å²) >= 11 is 0. The first-order valence-electron chi connectivity index (χ1n) is 12.1. The van der Waals surface area contributed by atoms with Crippen LogP contribution in [-0.2, 0) is 25.5 Å². The van der Waals surface area contributed by atoms with E-state index in [-0.39, 0.29) is 29.7 Å². The zero-order valence-electron chi connectivity index (χ0n) is 20.2. The molecular weight excluding hydrogens is 470 g/mol. The molecule has 6 N–H and O–H groups in total. The van der Waals surface area contributed by atoms with Crippen molar-refractivity contribution in [1.29, 1.82) is 0 Å². The fourth-order valence-corrected chi connectivity index (χ4v) is 6.69. The maximum absolute atomic E-state index is 13.8. The van der Waals surface area contributed by atoms with Crippen LogP contribution in [-0.4, -0.2) is 101 Å². The number of likely N-dealkylation sites (N-methyl/N-ethyl adjacent to an activating group) is 1. The first-order valence-corrected chi connectivity index (χ1v) is 12.1. The number of rotatable bonds is 3. The predicted molar refractivity (Wildman–Crippen MR) is 127 cm³/mol. The second kappa shape index (κ2) is 8.55. The molecule has 4 aliphatic rings. The van der Waals surface area contributed by atoms with Gasteiger partial charge >= 0.3 is 0 Å². The number of nitrogens with zero attached hydrogens (tertiary/aromatic N) is 2. The zero-order chi connectivity index (χ0) is 26.1. The summed E-state index contributed by atoms with van der Waals surface area (Å²) in [5.41, 5.74) is 4.17. The zero-order valence-corrected chi connectivity index (χ0v) is 20.2. The minimum atomic E-state index is -2.65. The summed E-state index contributed by atoms with van der Waals surface area (Å²) in [7, 11) is 3.25. The molecule has 3 aliphatic carbocycles.